The summed E-state index contributed by atoms with van der Waals surface area (Å²) in [5.74, 6) is -0.00176. The van der Waals surface area contributed by atoms with Gasteiger partial charge in [0.05, 0.1) is 7.11 Å². The van der Waals surface area contributed by atoms with Gasteiger partial charge in [-0.05, 0) is 30.2 Å². The van der Waals surface area contributed by atoms with Crippen LogP contribution in [0, 0.1) is 11.9 Å². The van der Waals surface area contributed by atoms with Gasteiger partial charge in [-0.1, -0.05) is 6.92 Å². The molecule has 1 aromatic rings. The maximum atomic E-state index is 12.9. The van der Waals surface area contributed by atoms with Gasteiger partial charge in [0, 0.05) is 0 Å². The van der Waals surface area contributed by atoms with E-state index < -0.39 is 0 Å². The summed E-state index contributed by atoms with van der Waals surface area (Å²) >= 11 is 0. The summed E-state index contributed by atoms with van der Waals surface area (Å²) in [5.41, 5.74) is 0.854. The normalized spacial score (nSPS) is 9.73. The molecule has 0 spiro atoms. The molecule has 0 unspecified atom stereocenters. The molecule has 0 aliphatic carbocycles. The van der Waals surface area contributed by atoms with E-state index in [1.807, 2.05) is 6.92 Å². The fourth-order valence-corrected chi connectivity index (χ4v) is 0.991. The molecule has 11 heavy (non-hydrogen) atoms. The van der Waals surface area contributed by atoms with Crippen molar-refractivity contribution in [3.63, 3.8) is 0 Å². The van der Waals surface area contributed by atoms with E-state index in [-0.39, 0.29) is 5.82 Å². The molecule has 59 valence electrons. The van der Waals surface area contributed by atoms with Gasteiger partial charge < -0.3 is 4.74 Å². The van der Waals surface area contributed by atoms with Crippen LogP contribution in [0.2, 0.25) is 0 Å². The minimum Gasteiger partial charge on any atom is -0.493 e. The molecule has 1 rings (SSSR count). The number of methoxy groups -OCH3 is 1. The fourth-order valence-electron chi connectivity index (χ4n) is 0.991. The van der Waals surface area contributed by atoms with Crippen LogP contribution in [-0.4, -0.2) is 7.11 Å². The van der Waals surface area contributed by atoms with Crippen molar-refractivity contribution in [2.75, 3.05) is 7.11 Å². The van der Waals surface area contributed by atoms with Crippen LogP contribution >= 0.6 is 0 Å². The molecular formula is C9H10FO. The summed E-state index contributed by atoms with van der Waals surface area (Å²) < 4.78 is 17.8. The monoisotopic (exact) mass is 153 g/mol. The summed E-state index contributed by atoms with van der Waals surface area (Å²) in [4.78, 5) is 0. The molecule has 0 fully saturated rings. The summed E-state index contributed by atoms with van der Waals surface area (Å²) in [5, 5.41) is 0. The van der Waals surface area contributed by atoms with Crippen molar-refractivity contribution < 1.29 is 9.13 Å². The number of ether oxygens (including phenoxy) is 1. The van der Waals surface area contributed by atoms with E-state index in [1.165, 1.54) is 13.2 Å². The van der Waals surface area contributed by atoms with Crippen molar-refractivity contribution >= 4 is 0 Å². The lowest BCUT2D eigenvalue weighted by Crippen LogP contribution is -1.93. The van der Waals surface area contributed by atoms with Crippen molar-refractivity contribution in [2.24, 2.45) is 0 Å². The zero-order valence-electron chi connectivity index (χ0n) is 6.65. The molecule has 0 atom stereocenters. The van der Waals surface area contributed by atoms with E-state index in [9.17, 15) is 4.39 Å². The molecule has 2 heteroatoms. The molecular weight excluding hydrogens is 143 g/mol. The number of aryl methyl sites for hydroxylation is 1. The third kappa shape index (κ3) is 1.50. The van der Waals surface area contributed by atoms with E-state index in [2.05, 4.69) is 6.07 Å². The van der Waals surface area contributed by atoms with Gasteiger partial charge in [0.25, 0.3) is 0 Å². The van der Waals surface area contributed by atoms with Crippen molar-refractivity contribution in [3.05, 3.63) is 29.6 Å². The number of hydrogen-bond donors (Lipinski definition) is 0. The summed E-state index contributed by atoms with van der Waals surface area (Å²) in [6, 6.07) is 5.71. The van der Waals surface area contributed by atoms with Gasteiger partial charge in [-0.25, -0.2) is 4.39 Å². The van der Waals surface area contributed by atoms with E-state index in [4.69, 9.17) is 4.74 Å². The first-order valence-corrected chi connectivity index (χ1v) is 3.52. The maximum absolute atomic E-state index is 12.9. The third-order valence-electron chi connectivity index (χ3n) is 1.56. The van der Waals surface area contributed by atoms with Crippen LogP contribution in [0.5, 0.6) is 5.75 Å². The lowest BCUT2D eigenvalue weighted by molar-refractivity contribution is 0.382. The zero-order valence-corrected chi connectivity index (χ0v) is 6.65. The number of benzene rings is 1. The third-order valence-corrected chi connectivity index (χ3v) is 1.56. The highest BCUT2D eigenvalue weighted by atomic mass is 19.1. The molecule has 0 saturated heterocycles. The van der Waals surface area contributed by atoms with Gasteiger partial charge in [-0.15, -0.1) is 0 Å². The van der Waals surface area contributed by atoms with Crippen molar-refractivity contribution in [1.82, 2.24) is 0 Å². The van der Waals surface area contributed by atoms with Gasteiger partial charge >= 0.3 is 0 Å². The molecule has 0 amide bonds. The first kappa shape index (κ1) is 8.05. The quantitative estimate of drug-likeness (QED) is 0.632. The molecule has 0 aliphatic heterocycles. The minimum atomic E-state index is -0.341. The number of halogens is 1. The highest BCUT2D eigenvalue weighted by Crippen LogP contribution is 2.21. The Kier molecular flexibility index (Phi) is 2.47. The molecule has 0 aromatic heterocycles. The highest BCUT2D eigenvalue weighted by molar-refractivity contribution is 5.34. The second kappa shape index (κ2) is 3.37. The second-order valence-corrected chi connectivity index (χ2v) is 2.22. The number of rotatable bonds is 2. The average Bonchev–Trinajstić information content (AvgIpc) is 2.04. The lowest BCUT2D eigenvalue weighted by atomic mass is 10.1. The summed E-state index contributed by atoms with van der Waals surface area (Å²) in [6.07, 6.45) is 0.761. The Labute approximate surface area is 65.8 Å². The van der Waals surface area contributed by atoms with Gasteiger partial charge in [-0.3, -0.25) is 0 Å². The first-order valence-electron chi connectivity index (χ1n) is 3.52. The molecule has 1 nitrogen and oxygen atoms in total. The predicted molar refractivity (Wildman–Crippen MR) is 41.2 cm³/mol. The Bertz CT molecular complexity index is 245. The van der Waals surface area contributed by atoms with Crippen LogP contribution in [0.4, 0.5) is 4.39 Å². The van der Waals surface area contributed by atoms with Crippen LogP contribution in [0.1, 0.15) is 12.5 Å². The Hall–Kier alpha value is -1.05. The van der Waals surface area contributed by atoms with Crippen molar-refractivity contribution in [2.45, 2.75) is 13.3 Å². The molecule has 1 radical (unpaired) electrons. The predicted octanol–water partition coefficient (Wildman–Crippen LogP) is 2.20. The lowest BCUT2D eigenvalue weighted by Gasteiger charge is -2.05. The molecule has 0 aliphatic rings. The van der Waals surface area contributed by atoms with Crippen LogP contribution in [-0.2, 0) is 6.42 Å². The largest absolute Gasteiger partial charge is 0.493 e. The Morgan fingerprint density at radius 1 is 1.55 bits per heavy atom. The van der Waals surface area contributed by atoms with Gasteiger partial charge in [0.2, 0.25) is 0 Å². The Balaban J connectivity index is 3.13. The van der Waals surface area contributed by atoms with Crippen LogP contribution < -0.4 is 4.74 Å². The van der Waals surface area contributed by atoms with E-state index >= 15 is 0 Å². The SMILES string of the molecule is CCc1c[c]cc(F)c1OC. The number of hydrogen-bond acceptors (Lipinski definition) is 1. The molecule has 0 N–H and O–H groups in total. The van der Waals surface area contributed by atoms with Crippen LogP contribution in [0.3, 0.4) is 0 Å². The van der Waals surface area contributed by atoms with Crippen LogP contribution in [0.15, 0.2) is 12.1 Å². The van der Waals surface area contributed by atoms with Crippen molar-refractivity contribution in [3.8, 4) is 5.75 Å². The standard InChI is InChI=1S/C9H10FO/c1-3-7-5-4-6-8(10)9(7)11-2/h5-6H,3H2,1-2H3. The molecule has 0 heterocycles. The van der Waals surface area contributed by atoms with Gasteiger partial charge in [0.1, 0.15) is 0 Å². The maximum Gasteiger partial charge on any atom is 0.165 e. The van der Waals surface area contributed by atoms with Crippen molar-refractivity contribution in [1.29, 1.82) is 0 Å². The smallest absolute Gasteiger partial charge is 0.165 e. The van der Waals surface area contributed by atoms with Gasteiger partial charge in [0.15, 0.2) is 11.6 Å². The molecule has 0 bridgehead atoms. The van der Waals surface area contributed by atoms with E-state index in [0.717, 1.165) is 12.0 Å². The van der Waals surface area contributed by atoms with Gasteiger partial charge in [-0.2, -0.15) is 0 Å². The highest BCUT2D eigenvalue weighted by Gasteiger charge is 2.05. The Morgan fingerprint density at radius 2 is 2.27 bits per heavy atom. The minimum absolute atomic E-state index is 0.339. The average molecular weight is 153 g/mol. The van der Waals surface area contributed by atoms with Crippen LogP contribution in [0.25, 0.3) is 0 Å². The van der Waals surface area contributed by atoms with E-state index in [0.29, 0.717) is 5.75 Å². The zero-order chi connectivity index (χ0) is 8.27. The first-order chi connectivity index (χ1) is 5.29. The summed E-state index contributed by atoms with van der Waals surface area (Å²) in [6.45, 7) is 1.95. The summed E-state index contributed by atoms with van der Waals surface area (Å²) in [7, 11) is 1.47. The molecule has 1 aromatic carbocycles. The Morgan fingerprint density at radius 3 is 2.73 bits per heavy atom. The topological polar surface area (TPSA) is 9.23 Å². The molecule has 0 saturated carbocycles. The fraction of sp³-hybridized carbons (Fsp3) is 0.333. The van der Waals surface area contributed by atoms with E-state index in [1.54, 1.807) is 6.07 Å². The second-order valence-electron chi connectivity index (χ2n) is 2.22.